The number of carbonyl (C=O) groups is 1. The van der Waals surface area contributed by atoms with Gasteiger partial charge in [-0.1, -0.05) is 13.8 Å². The first-order chi connectivity index (χ1) is 9.08. The highest BCUT2D eigenvalue weighted by Crippen LogP contribution is 2.16. The molecule has 0 aliphatic rings. The average Bonchev–Trinajstić information content (AvgIpc) is 2.38. The SMILES string of the molecule is CC(C)CNC(C(N)=O)c1cnc2cccnc2c1. The van der Waals surface area contributed by atoms with Crippen molar-refractivity contribution in [2.75, 3.05) is 6.54 Å². The summed E-state index contributed by atoms with van der Waals surface area (Å²) in [6.45, 7) is 4.87. The topological polar surface area (TPSA) is 80.9 Å². The van der Waals surface area contributed by atoms with E-state index < -0.39 is 11.9 Å². The lowest BCUT2D eigenvalue weighted by atomic mass is 10.1. The van der Waals surface area contributed by atoms with Crippen LogP contribution in [0.15, 0.2) is 30.6 Å². The molecule has 2 aromatic heterocycles. The summed E-state index contributed by atoms with van der Waals surface area (Å²) in [5, 5.41) is 3.16. The van der Waals surface area contributed by atoms with E-state index in [1.807, 2.05) is 18.2 Å². The number of pyridine rings is 2. The molecule has 19 heavy (non-hydrogen) atoms. The van der Waals surface area contributed by atoms with Gasteiger partial charge in [0.1, 0.15) is 6.04 Å². The van der Waals surface area contributed by atoms with Crippen molar-refractivity contribution >= 4 is 16.9 Å². The summed E-state index contributed by atoms with van der Waals surface area (Å²) in [5.41, 5.74) is 7.76. The molecule has 1 unspecified atom stereocenters. The molecule has 2 heterocycles. The summed E-state index contributed by atoms with van der Waals surface area (Å²) >= 11 is 0. The molecule has 100 valence electrons. The van der Waals surface area contributed by atoms with E-state index in [2.05, 4.69) is 29.1 Å². The van der Waals surface area contributed by atoms with Gasteiger partial charge in [0.25, 0.3) is 0 Å². The molecule has 0 spiro atoms. The number of carbonyl (C=O) groups excluding carboxylic acids is 1. The zero-order valence-electron chi connectivity index (χ0n) is 11.1. The van der Waals surface area contributed by atoms with Gasteiger partial charge in [0.2, 0.25) is 5.91 Å². The fourth-order valence-electron chi connectivity index (χ4n) is 1.86. The molecule has 0 saturated carbocycles. The largest absolute Gasteiger partial charge is 0.368 e. The smallest absolute Gasteiger partial charge is 0.239 e. The van der Waals surface area contributed by atoms with Gasteiger partial charge in [0.05, 0.1) is 11.0 Å². The van der Waals surface area contributed by atoms with Crippen molar-refractivity contribution < 1.29 is 4.79 Å². The lowest BCUT2D eigenvalue weighted by molar-refractivity contribution is -0.120. The van der Waals surface area contributed by atoms with Crippen LogP contribution < -0.4 is 11.1 Å². The minimum Gasteiger partial charge on any atom is -0.368 e. The molecule has 0 radical (unpaired) electrons. The molecule has 0 saturated heterocycles. The van der Waals surface area contributed by atoms with E-state index in [0.717, 1.165) is 16.6 Å². The zero-order valence-corrected chi connectivity index (χ0v) is 11.1. The molecule has 3 N–H and O–H groups in total. The summed E-state index contributed by atoms with van der Waals surface area (Å²) in [4.78, 5) is 20.1. The number of nitrogens with two attached hydrogens (primary N) is 1. The molecule has 0 fully saturated rings. The van der Waals surface area contributed by atoms with Crippen LogP contribution in [0.3, 0.4) is 0 Å². The van der Waals surface area contributed by atoms with Gasteiger partial charge in [-0.3, -0.25) is 14.8 Å². The molecule has 0 aliphatic carbocycles. The maximum atomic E-state index is 11.6. The predicted octanol–water partition coefficient (Wildman–Crippen LogP) is 1.40. The van der Waals surface area contributed by atoms with Gasteiger partial charge in [-0.2, -0.15) is 0 Å². The minimum atomic E-state index is -0.527. The van der Waals surface area contributed by atoms with Crippen LogP contribution in [0.4, 0.5) is 0 Å². The second kappa shape index (κ2) is 5.75. The van der Waals surface area contributed by atoms with E-state index in [-0.39, 0.29) is 0 Å². The fraction of sp³-hybridized carbons (Fsp3) is 0.357. The van der Waals surface area contributed by atoms with Crippen LogP contribution in [0, 0.1) is 5.92 Å². The number of aromatic nitrogens is 2. The summed E-state index contributed by atoms with van der Waals surface area (Å²) in [6, 6.07) is 5.04. The van der Waals surface area contributed by atoms with E-state index in [0.29, 0.717) is 12.5 Å². The maximum absolute atomic E-state index is 11.6. The molecule has 5 nitrogen and oxygen atoms in total. The molecule has 2 aromatic rings. The zero-order chi connectivity index (χ0) is 13.8. The second-order valence-corrected chi connectivity index (χ2v) is 4.95. The number of hydrogen-bond donors (Lipinski definition) is 2. The monoisotopic (exact) mass is 258 g/mol. The Kier molecular flexibility index (Phi) is 4.06. The fourth-order valence-corrected chi connectivity index (χ4v) is 1.86. The van der Waals surface area contributed by atoms with Gasteiger partial charge in [-0.25, -0.2) is 0 Å². The maximum Gasteiger partial charge on any atom is 0.239 e. The average molecular weight is 258 g/mol. The van der Waals surface area contributed by atoms with Gasteiger partial charge in [-0.15, -0.1) is 0 Å². The quantitative estimate of drug-likeness (QED) is 0.849. The van der Waals surface area contributed by atoms with Gasteiger partial charge in [-0.05, 0) is 36.2 Å². The van der Waals surface area contributed by atoms with Crippen LogP contribution >= 0.6 is 0 Å². The molecule has 1 atom stereocenters. The molecular weight excluding hydrogens is 240 g/mol. The summed E-state index contributed by atoms with van der Waals surface area (Å²) < 4.78 is 0. The van der Waals surface area contributed by atoms with Crippen LogP contribution in [0.2, 0.25) is 0 Å². The van der Waals surface area contributed by atoms with Gasteiger partial charge in [0, 0.05) is 12.4 Å². The van der Waals surface area contributed by atoms with E-state index in [1.165, 1.54) is 0 Å². The lowest BCUT2D eigenvalue weighted by Gasteiger charge is -2.17. The predicted molar refractivity (Wildman–Crippen MR) is 74.3 cm³/mol. The number of rotatable bonds is 5. The minimum absolute atomic E-state index is 0.405. The molecule has 0 bridgehead atoms. The Hall–Kier alpha value is -2.01. The van der Waals surface area contributed by atoms with Crippen molar-refractivity contribution in [2.24, 2.45) is 11.7 Å². The number of nitrogens with one attached hydrogen (secondary N) is 1. The Morgan fingerprint density at radius 3 is 2.84 bits per heavy atom. The van der Waals surface area contributed by atoms with Crippen LogP contribution in [0.1, 0.15) is 25.5 Å². The standard InChI is InChI=1S/C14H18N4O/c1-9(2)7-18-13(14(15)19)10-6-12-11(17-8-10)4-3-5-16-12/h3-6,8-9,13,18H,7H2,1-2H3,(H2,15,19). The highest BCUT2D eigenvalue weighted by atomic mass is 16.1. The third kappa shape index (κ3) is 3.26. The Morgan fingerprint density at radius 1 is 1.37 bits per heavy atom. The molecule has 1 amide bonds. The molecule has 2 rings (SSSR count). The Balaban J connectivity index is 2.30. The van der Waals surface area contributed by atoms with Crippen LogP contribution in [-0.2, 0) is 4.79 Å². The normalized spacial score (nSPS) is 12.8. The van der Waals surface area contributed by atoms with Crippen molar-refractivity contribution in [3.63, 3.8) is 0 Å². The van der Waals surface area contributed by atoms with E-state index in [1.54, 1.807) is 12.4 Å². The van der Waals surface area contributed by atoms with Crippen LogP contribution in [0.25, 0.3) is 11.0 Å². The van der Waals surface area contributed by atoms with Crippen LogP contribution in [-0.4, -0.2) is 22.4 Å². The first-order valence-corrected chi connectivity index (χ1v) is 6.31. The summed E-state index contributed by atoms with van der Waals surface area (Å²) in [7, 11) is 0. The van der Waals surface area contributed by atoms with Gasteiger partial charge in [0.15, 0.2) is 0 Å². The molecule has 5 heteroatoms. The van der Waals surface area contributed by atoms with Crippen molar-refractivity contribution in [1.29, 1.82) is 0 Å². The van der Waals surface area contributed by atoms with E-state index >= 15 is 0 Å². The highest BCUT2D eigenvalue weighted by Gasteiger charge is 2.18. The van der Waals surface area contributed by atoms with Crippen molar-refractivity contribution in [1.82, 2.24) is 15.3 Å². The van der Waals surface area contributed by atoms with Gasteiger partial charge < -0.3 is 11.1 Å². The van der Waals surface area contributed by atoms with Crippen molar-refractivity contribution in [2.45, 2.75) is 19.9 Å². The number of nitrogens with zero attached hydrogens (tertiary/aromatic N) is 2. The molecule has 0 aromatic carbocycles. The van der Waals surface area contributed by atoms with E-state index in [4.69, 9.17) is 5.73 Å². The van der Waals surface area contributed by atoms with Crippen molar-refractivity contribution in [3.05, 3.63) is 36.2 Å². The number of primary amides is 1. The Morgan fingerprint density at radius 2 is 2.16 bits per heavy atom. The third-order valence-corrected chi connectivity index (χ3v) is 2.82. The lowest BCUT2D eigenvalue weighted by Crippen LogP contribution is -2.35. The van der Waals surface area contributed by atoms with Gasteiger partial charge >= 0.3 is 0 Å². The second-order valence-electron chi connectivity index (χ2n) is 4.95. The molecular formula is C14H18N4O. The summed E-state index contributed by atoms with van der Waals surface area (Å²) in [6.07, 6.45) is 3.38. The highest BCUT2D eigenvalue weighted by molar-refractivity contribution is 5.83. The number of fused-ring (bicyclic) bond motifs is 1. The molecule has 0 aliphatic heterocycles. The van der Waals surface area contributed by atoms with E-state index in [9.17, 15) is 4.79 Å². The van der Waals surface area contributed by atoms with Crippen molar-refractivity contribution in [3.8, 4) is 0 Å². The summed E-state index contributed by atoms with van der Waals surface area (Å²) in [5.74, 6) is 0.0334. The first kappa shape index (κ1) is 13.4. The number of hydrogen-bond acceptors (Lipinski definition) is 4. The van der Waals surface area contributed by atoms with Crippen LogP contribution in [0.5, 0.6) is 0 Å². The number of amides is 1. The Bertz CT molecular complexity index is 582. The first-order valence-electron chi connectivity index (χ1n) is 6.31. The third-order valence-electron chi connectivity index (χ3n) is 2.82. The Labute approximate surface area is 112 Å².